The number of carbonyl (C=O) groups is 3. The summed E-state index contributed by atoms with van der Waals surface area (Å²) in [6.45, 7) is 3.22. The lowest BCUT2D eigenvalue weighted by Crippen LogP contribution is -2.19. The van der Waals surface area contributed by atoms with Crippen LogP contribution in [0.15, 0.2) is 34.8 Å². The fourth-order valence-corrected chi connectivity index (χ4v) is 2.36. The first kappa shape index (κ1) is 19.8. The van der Waals surface area contributed by atoms with Crippen LogP contribution in [0.5, 0.6) is 5.75 Å². The molecule has 0 fully saturated rings. The van der Waals surface area contributed by atoms with Crippen molar-refractivity contribution in [2.24, 2.45) is 5.73 Å². The van der Waals surface area contributed by atoms with E-state index >= 15 is 0 Å². The summed E-state index contributed by atoms with van der Waals surface area (Å²) in [5, 5.41) is 2.42. The number of nitrogens with one attached hydrogen (secondary N) is 1. The van der Waals surface area contributed by atoms with E-state index in [9.17, 15) is 14.4 Å². The molecule has 0 saturated heterocycles. The second-order valence-corrected chi connectivity index (χ2v) is 5.42. The van der Waals surface area contributed by atoms with Crippen molar-refractivity contribution in [3.05, 3.63) is 52.8 Å². The van der Waals surface area contributed by atoms with E-state index < -0.39 is 17.8 Å². The molecule has 0 aliphatic carbocycles. The molecule has 0 radical (unpaired) electrons. The molecule has 8 heteroatoms. The maximum atomic E-state index is 12.1. The molecule has 142 valence electrons. The number of aryl methyl sites for hydroxylation is 1. The van der Waals surface area contributed by atoms with Crippen LogP contribution in [0.3, 0.4) is 0 Å². The SMILES string of the molecule is CCOC(=O)c1c(C)oc(NC(=O)/C=C/c2ccc(OC)cc2)c1C(N)=O. The summed E-state index contributed by atoms with van der Waals surface area (Å²) in [6.07, 6.45) is 2.83. The van der Waals surface area contributed by atoms with Crippen molar-refractivity contribution in [3.63, 3.8) is 0 Å². The van der Waals surface area contributed by atoms with Crippen LogP contribution in [-0.2, 0) is 9.53 Å². The molecule has 0 bridgehead atoms. The molecule has 0 atom stereocenters. The highest BCUT2D eigenvalue weighted by atomic mass is 16.5. The van der Waals surface area contributed by atoms with Crippen molar-refractivity contribution in [2.75, 3.05) is 19.0 Å². The minimum Gasteiger partial charge on any atom is -0.497 e. The van der Waals surface area contributed by atoms with E-state index in [4.69, 9.17) is 19.6 Å². The highest BCUT2D eigenvalue weighted by molar-refractivity contribution is 6.12. The van der Waals surface area contributed by atoms with Gasteiger partial charge in [-0.15, -0.1) is 0 Å². The molecule has 0 aliphatic rings. The summed E-state index contributed by atoms with van der Waals surface area (Å²) in [7, 11) is 1.56. The predicted molar refractivity (Wildman–Crippen MR) is 98.6 cm³/mol. The van der Waals surface area contributed by atoms with E-state index in [1.165, 1.54) is 13.0 Å². The topological polar surface area (TPSA) is 121 Å². The Morgan fingerprint density at radius 2 is 1.85 bits per heavy atom. The van der Waals surface area contributed by atoms with Crippen LogP contribution >= 0.6 is 0 Å². The number of nitrogens with two attached hydrogens (primary N) is 1. The zero-order valence-corrected chi connectivity index (χ0v) is 15.2. The summed E-state index contributed by atoms with van der Waals surface area (Å²) < 4.78 is 15.3. The van der Waals surface area contributed by atoms with Gasteiger partial charge in [0.2, 0.25) is 5.88 Å². The van der Waals surface area contributed by atoms with Crippen molar-refractivity contribution >= 4 is 29.7 Å². The van der Waals surface area contributed by atoms with Gasteiger partial charge in [-0.05, 0) is 37.6 Å². The number of anilines is 1. The van der Waals surface area contributed by atoms with Crippen LogP contribution in [-0.4, -0.2) is 31.5 Å². The third-order valence-corrected chi connectivity index (χ3v) is 3.59. The van der Waals surface area contributed by atoms with Crippen LogP contribution < -0.4 is 15.8 Å². The van der Waals surface area contributed by atoms with Gasteiger partial charge in [0.1, 0.15) is 22.6 Å². The Balaban J connectivity index is 2.21. The number of methoxy groups -OCH3 is 1. The van der Waals surface area contributed by atoms with Gasteiger partial charge in [0, 0.05) is 6.08 Å². The molecule has 1 heterocycles. The molecule has 3 N–H and O–H groups in total. The number of rotatable bonds is 7. The molecular formula is C19H20N2O6. The van der Waals surface area contributed by atoms with Crippen molar-refractivity contribution in [1.82, 2.24) is 0 Å². The normalized spacial score (nSPS) is 10.6. The quantitative estimate of drug-likeness (QED) is 0.569. The molecule has 2 amide bonds. The maximum absolute atomic E-state index is 12.1. The number of hydrogen-bond donors (Lipinski definition) is 2. The highest BCUT2D eigenvalue weighted by Crippen LogP contribution is 2.27. The van der Waals surface area contributed by atoms with Gasteiger partial charge in [0.15, 0.2) is 0 Å². The number of furan rings is 1. The molecule has 0 unspecified atom stereocenters. The monoisotopic (exact) mass is 372 g/mol. The smallest absolute Gasteiger partial charge is 0.342 e. The Morgan fingerprint density at radius 1 is 1.19 bits per heavy atom. The lowest BCUT2D eigenvalue weighted by Gasteiger charge is -2.03. The van der Waals surface area contributed by atoms with E-state index in [2.05, 4.69) is 5.32 Å². The average Bonchev–Trinajstić information content (AvgIpc) is 2.96. The fourth-order valence-electron chi connectivity index (χ4n) is 2.36. The molecular weight excluding hydrogens is 352 g/mol. The third-order valence-electron chi connectivity index (χ3n) is 3.59. The van der Waals surface area contributed by atoms with Crippen LogP contribution in [0.2, 0.25) is 0 Å². The van der Waals surface area contributed by atoms with Crippen molar-refractivity contribution < 1.29 is 28.3 Å². The summed E-state index contributed by atoms with van der Waals surface area (Å²) >= 11 is 0. The Bertz CT molecular complexity index is 880. The van der Waals surface area contributed by atoms with Gasteiger partial charge in [-0.3, -0.25) is 14.9 Å². The lowest BCUT2D eigenvalue weighted by molar-refractivity contribution is -0.111. The van der Waals surface area contributed by atoms with E-state index in [1.807, 2.05) is 0 Å². The number of amides is 2. The number of carbonyl (C=O) groups excluding carboxylic acids is 3. The van der Waals surface area contributed by atoms with Gasteiger partial charge >= 0.3 is 5.97 Å². The summed E-state index contributed by atoms with van der Waals surface area (Å²) in [5.74, 6) is -1.60. The molecule has 8 nitrogen and oxygen atoms in total. The summed E-state index contributed by atoms with van der Waals surface area (Å²) in [4.78, 5) is 35.9. The second-order valence-electron chi connectivity index (χ2n) is 5.42. The number of primary amides is 1. The fraction of sp³-hybridized carbons (Fsp3) is 0.211. The van der Waals surface area contributed by atoms with Crippen molar-refractivity contribution in [2.45, 2.75) is 13.8 Å². The molecule has 0 aliphatic heterocycles. The van der Waals surface area contributed by atoms with Crippen LogP contribution in [0.1, 0.15) is 39.0 Å². The Labute approximate surface area is 155 Å². The highest BCUT2D eigenvalue weighted by Gasteiger charge is 2.28. The van der Waals surface area contributed by atoms with Crippen LogP contribution in [0, 0.1) is 6.92 Å². The van der Waals surface area contributed by atoms with Gasteiger partial charge in [-0.2, -0.15) is 0 Å². The Hall–Kier alpha value is -3.55. The minimum atomic E-state index is -0.913. The van der Waals surface area contributed by atoms with E-state index in [0.717, 1.165) is 5.56 Å². The zero-order valence-electron chi connectivity index (χ0n) is 15.2. The average molecular weight is 372 g/mol. The van der Waals surface area contributed by atoms with Gasteiger partial charge in [-0.25, -0.2) is 4.79 Å². The first-order valence-electron chi connectivity index (χ1n) is 8.10. The molecule has 2 rings (SSSR count). The first-order chi connectivity index (χ1) is 12.9. The van der Waals surface area contributed by atoms with E-state index in [0.29, 0.717) is 5.75 Å². The van der Waals surface area contributed by atoms with E-state index in [1.54, 1.807) is 44.4 Å². The van der Waals surface area contributed by atoms with Gasteiger partial charge in [0.25, 0.3) is 11.8 Å². The lowest BCUT2D eigenvalue weighted by atomic mass is 10.1. The number of esters is 1. The van der Waals surface area contributed by atoms with Crippen molar-refractivity contribution in [3.8, 4) is 5.75 Å². The summed E-state index contributed by atoms with van der Waals surface area (Å²) in [5.41, 5.74) is 5.79. The molecule has 0 saturated carbocycles. The largest absolute Gasteiger partial charge is 0.497 e. The Kier molecular flexibility index (Phi) is 6.37. The number of ether oxygens (including phenoxy) is 2. The number of hydrogen-bond acceptors (Lipinski definition) is 6. The van der Waals surface area contributed by atoms with Gasteiger partial charge < -0.3 is 19.6 Å². The predicted octanol–water partition coefficient (Wildman–Crippen LogP) is 2.52. The molecule has 27 heavy (non-hydrogen) atoms. The van der Waals surface area contributed by atoms with Gasteiger partial charge in [0.05, 0.1) is 13.7 Å². The summed E-state index contributed by atoms with van der Waals surface area (Å²) in [6, 6.07) is 7.05. The standard InChI is InChI=1S/C19H20N2O6/c1-4-26-19(24)15-11(2)27-18(16(15)17(20)23)21-14(22)10-7-12-5-8-13(25-3)9-6-12/h5-10H,4H2,1-3H3,(H2,20,23)(H,21,22)/b10-7+. The maximum Gasteiger partial charge on any atom is 0.342 e. The first-order valence-corrected chi connectivity index (χ1v) is 8.10. The van der Waals surface area contributed by atoms with Gasteiger partial charge in [-0.1, -0.05) is 12.1 Å². The zero-order chi connectivity index (χ0) is 20.0. The van der Waals surface area contributed by atoms with Crippen LogP contribution in [0.25, 0.3) is 6.08 Å². The molecule has 2 aromatic rings. The van der Waals surface area contributed by atoms with Crippen molar-refractivity contribution in [1.29, 1.82) is 0 Å². The molecule has 0 spiro atoms. The Morgan fingerprint density at radius 3 is 2.41 bits per heavy atom. The molecule has 1 aromatic carbocycles. The minimum absolute atomic E-state index is 0.0983. The third kappa shape index (κ3) is 4.75. The van der Waals surface area contributed by atoms with Crippen LogP contribution in [0.4, 0.5) is 5.88 Å². The number of benzene rings is 1. The molecule has 1 aromatic heterocycles. The van der Waals surface area contributed by atoms with E-state index in [-0.39, 0.29) is 29.4 Å². The second kappa shape index (κ2) is 8.70.